The molecule has 1 aromatic heterocycles. The van der Waals surface area contributed by atoms with E-state index in [0.717, 1.165) is 31.1 Å². The van der Waals surface area contributed by atoms with E-state index in [1.54, 1.807) is 0 Å². The maximum atomic E-state index is 12.5. The molecule has 3 N–H and O–H groups in total. The van der Waals surface area contributed by atoms with Gasteiger partial charge in [-0.1, -0.05) is 25.2 Å². The first kappa shape index (κ1) is 13.7. The molecule has 1 aromatic rings. The van der Waals surface area contributed by atoms with Gasteiger partial charge in [0.2, 0.25) is 0 Å². The number of carbonyl (C=O) groups is 1. The van der Waals surface area contributed by atoms with Gasteiger partial charge in [-0.05, 0) is 31.1 Å². The number of likely N-dealkylation sites (tertiary alicyclic amines) is 1. The van der Waals surface area contributed by atoms with Crippen molar-refractivity contribution in [1.82, 2.24) is 9.88 Å². The van der Waals surface area contributed by atoms with Crippen molar-refractivity contribution in [3.8, 4) is 0 Å². The quantitative estimate of drug-likeness (QED) is 0.898. The van der Waals surface area contributed by atoms with E-state index in [4.69, 9.17) is 5.73 Å². The molecule has 1 aliphatic carbocycles. The third-order valence-electron chi connectivity index (χ3n) is 4.16. The van der Waals surface area contributed by atoms with Gasteiger partial charge in [-0.15, -0.1) is 0 Å². The molecule has 6 heteroatoms. The minimum Gasteiger partial charge on any atom is -0.382 e. The van der Waals surface area contributed by atoms with Gasteiger partial charge < -0.3 is 16.0 Å². The van der Waals surface area contributed by atoms with Crippen LogP contribution in [0.1, 0.15) is 49.2 Å². The van der Waals surface area contributed by atoms with Crippen LogP contribution in [0.4, 0.5) is 10.9 Å². The fourth-order valence-corrected chi connectivity index (χ4v) is 3.34. The number of nitrogens with zero attached hydrogens (tertiary/aromatic N) is 2. The Morgan fingerprint density at radius 1 is 1.40 bits per heavy atom. The number of amides is 1. The maximum absolute atomic E-state index is 12.5. The summed E-state index contributed by atoms with van der Waals surface area (Å²) in [5.74, 6) is 0.410. The number of piperidine rings is 1. The van der Waals surface area contributed by atoms with Gasteiger partial charge in [0, 0.05) is 19.1 Å². The molecule has 0 bridgehead atoms. The molecule has 1 amide bonds. The molecule has 0 spiro atoms. The van der Waals surface area contributed by atoms with E-state index < -0.39 is 0 Å². The second kappa shape index (κ2) is 4.91. The van der Waals surface area contributed by atoms with Crippen LogP contribution < -0.4 is 11.1 Å². The van der Waals surface area contributed by atoms with Crippen molar-refractivity contribution in [2.24, 2.45) is 5.41 Å². The lowest BCUT2D eigenvalue weighted by Gasteiger charge is -2.36. The summed E-state index contributed by atoms with van der Waals surface area (Å²) in [5, 5.41) is 4.09. The Labute approximate surface area is 123 Å². The Bertz CT molecular complexity index is 511. The number of nitrogens with one attached hydrogen (secondary N) is 1. The monoisotopic (exact) mass is 294 g/mol. The molecule has 0 aromatic carbocycles. The number of hydrogen-bond acceptors (Lipinski definition) is 5. The first-order valence-electron chi connectivity index (χ1n) is 7.27. The van der Waals surface area contributed by atoms with Gasteiger partial charge in [0.25, 0.3) is 5.91 Å². The van der Waals surface area contributed by atoms with Crippen molar-refractivity contribution in [3.63, 3.8) is 0 Å². The molecule has 2 aliphatic rings. The highest BCUT2D eigenvalue weighted by Gasteiger charge is 2.31. The zero-order chi connectivity index (χ0) is 14.3. The van der Waals surface area contributed by atoms with Gasteiger partial charge in [-0.3, -0.25) is 4.79 Å². The molecule has 0 radical (unpaired) electrons. The number of nitrogens with two attached hydrogens (primary N) is 1. The van der Waals surface area contributed by atoms with Crippen LogP contribution in [0.15, 0.2) is 0 Å². The van der Waals surface area contributed by atoms with Crippen LogP contribution in [0.25, 0.3) is 0 Å². The lowest BCUT2D eigenvalue weighted by atomic mass is 9.82. The summed E-state index contributed by atoms with van der Waals surface area (Å²) in [6, 6.07) is 0.527. The van der Waals surface area contributed by atoms with Crippen molar-refractivity contribution in [3.05, 3.63) is 4.88 Å². The van der Waals surface area contributed by atoms with Crippen LogP contribution in [0.3, 0.4) is 0 Å². The molecule has 0 atom stereocenters. The smallest absolute Gasteiger partial charge is 0.267 e. The lowest BCUT2D eigenvalue weighted by Crippen LogP contribution is -2.41. The SMILES string of the molecule is CC1(C)CCN(C(=O)c2sc(NC3CC3)nc2N)CC1. The fourth-order valence-electron chi connectivity index (χ4n) is 2.41. The van der Waals surface area contributed by atoms with Gasteiger partial charge in [0.15, 0.2) is 5.13 Å². The maximum Gasteiger partial charge on any atom is 0.267 e. The van der Waals surface area contributed by atoms with Gasteiger partial charge >= 0.3 is 0 Å². The number of anilines is 2. The Hall–Kier alpha value is -1.30. The second-order valence-corrected chi connectivity index (χ2v) is 7.61. The number of aromatic nitrogens is 1. The number of nitrogen functional groups attached to an aromatic ring is 1. The van der Waals surface area contributed by atoms with Crippen LogP contribution in [-0.2, 0) is 0 Å². The highest BCUT2D eigenvalue weighted by atomic mass is 32.1. The Morgan fingerprint density at radius 2 is 2.05 bits per heavy atom. The van der Waals surface area contributed by atoms with Crippen molar-refractivity contribution in [2.45, 2.75) is 45.6 Å². The summed E-state index contributed by atoms with van der Waals surface area (Å²) < 4.78 is 0. The van der Waals surface area contributed by atoms with Crippen molar-refractivity contribution in [2.75, 3.05) is 24.1 Å². The number of hydrogen-bond donors (Lipinski definition) is 2. The topological polar surface area (TPSA) is 71.2 Å². The van der Waals surface area contributed by atoms with Crippen LogP contribution in [-0.4, -0.2) is 34.9 Å². The van der Waals surface area contributed by atoms with E-state index in [9.17, 15) is 4.79 Å². The summed E-state index contributed by atoms with van der Waals surface area (Å²) in [4.78, 5) is 19.3. The van der Waals surface area contributed by atoms with Gasteiger partial charge in [0.05, 0.1) is 0 Å². The summed E-state index contributed by atoms with van der Waals surface area (Å²) in [6.07, 6.45) is 4.46. The molecule has 1 saturated carbocycles. The van der Waals surface area contributed by atoms with Crippen LogP contribution in [0.5, 0.6) is 0 Å². The molecule has 2 fully saturated rings. The third kappa shape index (κ3) is 2.90. The molecule has 1 aliphatic heterocycles. The molecule has 2 heterocycles. The Balaban J connectivity index is 1.68. The zero-order valence-corrected chi connectivity index (χ0v) is 12.9. The first-order valence-corrected chi connectivity index (χ1v) is 8.08. The Morgan fingerprint density at radius 3 is 2.65 bits per heavy atom. The van der Waals surface area contributed by atoms with E-state index in [0.29, 0.717) is 22.2 Å². The number of rotatable bonds is 3. The summed E-state index contributed by atoms with van der Waals surface area (Å²) in [7, 11) is 0. The average molecular weight is 294 g/mol. The first-order chi connectivity index (χ1) is 9.44. The van der Waals surface area contributed by atoms with E-state index >= 15 is 0 Å². The van der Waals surface area contributed by atoms with Crippen molar-refractivity contribution in [1.29, 1.82) is 0 Å². The molecule has 1 saturated heterocycles. The lowest BCUT2D eigenvalue weighted by molar-refractivity contribution is 0.0636. The molecule has 0 unspecified atom stereocenters. The number of thiazole rings is 1. The molecule has 110 valence electrons. The summed E-state index contributed by atoms with van der Waals surface area (Å²) in [5.41, 5.74) is 6.25. The molecule has 3 rings (SSSR count). The predicted octanol–water partition coefficient (Wildman–Crippen LogP) is 2.56. The normalized spacial score (nSPS) is 21.8. The Kier molecular flexibility index (Phi) is 3.36. The predicted molar refractivity (Wildman–Crippen MR) is 82.1 cm³/mol. The fraction of sp³-hybridized carbons (Fsp3) is 0.714. The highest BCUT2D eigenvalue weighted by molar-refractivity contribution is 7.18. The van der Waals surface area contributed by atoms with Gasteiger partial charge in [-0.2, -0.15) is 0 Å². The molecule has 5 nitrogen and oxygen atoms in total. The van der Waals surface area contributed by atoms with Crippen molar-refractivity contribution < 1.29 is 4.79 Å². The minimum absolute atomic E-state index is 0.0411. The van der Waals surface area contributed by atoms with E-state index in [1.165, 1.54) is 24.2 Å². The van der Waals surface area contributed by atoms with Crippen LogP contribution in [0.2, 0.25) is 0 Å². The second-order valence-electron chi connectivity index (χ2n) is 6.61. The largest absolute Gasteiger partial charge is 0.382 e. The molecular formula is C14H22N4OS. The van der Waals surface area contributed by atoms with Crippen LogP contribution in [0, 0.1) is 5.41 Å². The molecular weight excluding hydrogens is 272 g/mol. The van der Waals surface area contributed by atoms with E-state index in [-0.39, 0.29) is 5.91 Å². The van der Waals surface area contributed by atoms with Crippen LogP contribution >= 0.6 is 11.3 Å². The summed E-state index contributed by atoms with van der Waals surface area (Å²) >= 11 is 1.39. The number of carbonyl (C=O) groups excluding carboxylic acids is 1. The van der Waals surface area contributed by atoms with E-state index in [2.05, 4.69) is 24.1 Å². The summed E-state index contributed by atoms with van der Waals surface area (Å²) in [6.45, 7) is 6.14. The zero-order valence-electron chi connectivity index (χ0n) is 12.1. The highest BCUT2D eigenvalue weighted by Crippen LogP contribution is 2.34. The average Bonchev–Trinajstić information content (AvgIpc) is 3.11. The molecule has 20 heavy (non-hydrogen) atoms. The van der Waals surface area contributed by atoms with Gasteiger partial charge in [0.1, 0.15) is 10.7 Å². The third-order valence-corrected chi connectivity index (χ3v) is 5.15. The standard InChI is InChI=1S/C14H22N4OS/c1-14(2)5-7-18(8-6-14)12(19)10-11(15)17-13(20-10)16-9-3-4-9/h9H,3-8,15H2,1-2H3,(H,16,17). The van der Waals surface area contributed by atoms with E-state index in [1.807, 2.05) is 4.90 Å². The minimum atomic E-state index is 0.0411. The van der Waals surface area contributed by atoms with Gasteiger partial charge in [-0.25, -0.2) is 4.98 Å². The van der Waals surface area contributed by atoms with Crippen molar-refractivity contribution >= 4 is 28.2 Å².